The third-order valence-corrected chi connectivity index (χ3v) is 4.72. The summed E-state index contributed by atoms with van der Waals surface area (Å²) in [5, 5.41) is 5.63. The molecular weight excluding hydrogens is 387 g/mol. The van der Waals surface area contributed by atoms with Crippen LogP contribution in [0.5, 0.6) is 0 Å². The number of anilines is 1. The Kier molecular flexibility index (Phi) is 5.40. The van der Waals surface area contributed by atoms with Crippen LogP contribution in [0.3, 0.4) is 0 Å². The SMILES string of the molecule is CC(C)[C@](C)(Nc1ccnc(-c2c[nH]c3ncncc23)n1)C(=O)NCC(F)(F)F. The molecule has 3 aromatic rings. The van der Waals surface area contributed by atoms with Crippen LogP contribution in [-0.4, -0.2) is 49.1 Å². The van der Waals surface area contributed by atoms with Crippen LogP contribution in [0.2, 0.25) is 0 Å². The number of amides is 1. The molecule has 0 saturated carbocycles. The van der Waals surface area contributed by atoms with E-state index in [1.807, 2.05) is 5.32 Å². The molecule has 0 aliphatic rings. The standard InChI is InChI=1S/C18H20F3N7O/c1-10(2)17(3,16(29)25-8-18(19,20)21)28-13-4-5-23-15(27-13)12-7-24-14-11(12)6-22-9-26-14/h4-7,9-10H,8H2,1-3H3,(H,25,29)(H,22,24,26)(H,23,27,28)/t17-/m0/s1. The first-order valence-electron chi connectivity index (χ1n) is 8.84. The fourth-order valence-corrected chi connectivity index (χ4v) is 2.70. The first-order chi connectivity index (χ1) is 13.6. The summed E-state index contributed by atoms with van der Waals surface area (Å²) in [6.07, 6.45) is 1.74. The maximum Gasteiger partial charge on any atom is 0.405 e. The molecule has 0 bridgehead atoms. The number of hydrogen-bond acceptors (Lipinski definition) is 6. The van der Waals surface area contributed by atoms with Gasteiger partial charge in [-0.25, -0.2) is 19.9 Å². The summed E-state index contributed by atoms with van der Waals surface area (Å²) in [4.78, 5) is 32.3. The Labute approximate surface area is 164 Å². The number of carbonyl (C=O) groups is 1. The minimum atomic E-state index is -4.49. The molecule has 0 radical (unpaired) electrons. The Bertz CT molecular complexity index is 1020. The molecule has 0 aliphatic carbocycles. The minimum Gasteiger partial charge on any atom is -0.356 e. The largest absolute Gasteiger partial charge is 0.405 e. The predicted octanol–water partition coefficient (Wildman–Crippen LogP) is 2.92. The molecular formula is C18H20F3N7O. The van der Waals surface area contributed by atoms with Crippen LogP contribution in [0.4, 0.5) is 19.0 Å². The number of alkyl halides is 3. The van der Waals surface area contributed by atoms with E-state index in [4.69, 9.17) is 0 Å². The normalized spacial score (nSPS) is 14.0. The molecule has 154 valence electrons. The second-order valence-electron chi connectivity index (χ2n) is 7.03. The van der Waals surface area contributed by atoms with Gasteiger partial charge in [0.2, 0.25) is 5.91 Å². The monoisotopic (exact) mass is 407 g/mol. The molecule has 0 spiro atoms. The quantitative estimate of drug-likeness (QED) is 0.580. The summed E-state index contributed by atoms with van der Waals surface area (Å²) in [5.41, 5.74) is -0.0345. The Balaban J connectivity index is 1.88. The van der Waals surface area contributed by atoms with Crippen LogP contribution < -0.4 is 10.6 Å². The molecule has 1 amide bonds. The van der Waals surface area contributed by atoms with Crippen molar-refractivity contribution in [2.24, 2.45) is 5.92 Å². The van der Waals surface area contributed by atoms with Gasteiger partial charge in [-0.05, 0) is 18.9 Å². The molecule has 0 fully saturated rings. The highest BCUT2D eigenvalue weighted by Gasteiger charge is 2.39. The van der Waals surface area contributed by atoms with Gasteiger partial charge < -0.3 is 15.6 Å². The molecule has 3 N–H and O–H groups in total. The van der Waals surface area contributed by atoms with E-state index in [0.717, 1.165) is 5.39 Å². The molecule has 0 aromatic carbocycles. The van der Waals surface area contributed by atoms with Gasteiger partial charge in [0.05, 0.1) is 0 Å². The molecule has 29 heavy (non-hydrogen) atoms. The molecule has 8 nitrogen and oxygen atoms in total. The summed E-state index contributed by atoms with van der Waals surface area (Å²) >= 11 is 0. The van der Waals surface area contributed by atoms with Gasteiger partial charge in [-0.2, -0.15) is 13.2 Å². The van der Waals surface area contributed by atoms with E-state index < -0.39 is 24.2 Å². The van der Waals surface area contributed by atoms with Gasteiger partial charge in [-0.15, -0.1) is 0 Å². The number of H-pyrrole nitrogens is 1. The molecule has 0 saturated heterocycles. The van der Waals surface area contributed by atoms with Crippen molar-refractivity contribution in [3.05, 3.63) is 31.0 Å². The number of fused-ring (bicyclic) bond motifs is 1. The van der Waals surface area contributed by atoms with Gasteiger partial charge in [0.25, 0.3) is 0 Å². The summed E-state index contributed by atoms with van der Waals surface area (Å²) in [6.45, 7) is 3.60. The van der Waals surface area contributed by atoms with Crippen molar-refractivity contribution < 1.29 is 18.0 Å². The first kappa shape index (κ1) is 20.5. The van der Waals surface area contributed by atoms with Gasteiger partial charge >= 0.3 is 6.18 Å². The first-order valence-corrected chi connectivity index (χ1v) is 8.84. The predicted molar refractivity (Wildman–Crippen MR) is 101 cm³/mol. The van der Waals surface area contributed by atoms with Crippen molar-refractivity contribution in [3.63, 3.8) is 0 Å². The van der Waals surface area contributed by atoms with Crippen molar-refractivity contribution in [1.82, 2.24) is 30.2 Å². The number of nitrogens with one attached hydrogen (secondary N) is 3. The van der Waals surface area contributed by atoms with Crippen molar-refractivity contribution in [2.75, 3.05) is 11.9 Å². The number of rotatable bonds is 6. The number of carbonyl (C=O) groups excluding carboxylic acids is 1. The van der Waals surface area contributed by atoms with Gasteiger partial charge in [0.15, 0.2) is 5.82 Å². The van der Waals surface area contributed by atoms with Crippen LogP contribution in [0.1, 0.15) is 20.8 Å². The van der Waals surface area contributed by atoms with E-state index >= 15 is 0 Å². The van der Waals surface area contributed by atoms with Crippen molar-refractivity contribution in [3.8, 4) is 11.4 Å². The molecule has 1 atom stereocenters. The smallest absolute Gasteiger partial charge is 0.356 e. The fourth-order valence-electron chi connectivity index (χ4n) is 2.70. The topological polar surface area (TPSA) is 108 Å². The highest BCUT2D eigenvalue weighted by atomic mass is 19.4. The highest BCUT2D eigenvalue weighted by Crippen LogP contribution is 2.27. The van der Waals surface area contributed by atoms with E-state index in [-0.39, 0.29) is 5.92 Å². The maximum absolute atomic E-state index is 12.5. The zero-order valence-corrected chi connectivity index (χ0v) is 16.0. The van der Waals surface area contributed by atoms with E-state index in [9.17, 15) is 18.0 Å². The van der Waals surface area contributed by atoms with Crippen LogP contribution in [0, 0.1) is 5.92 Å². The number of aromatic amines is 1. The van der Waals surface area contributed by atoms with Crippen LogP contribution in [0.25, 0.3) is 22.4 Å². The van der Waals surface area contributed by atoms with Crippen molar-refractivity contribution in [1.29, 1.82) is 0 Å². The highest BCUT2D eigenvalue weighted by molar-refractivity contribution is 5.91. The zero-order valence-electron chi connectivity index (χ0n) is 16.0. The average Bonchev–Trinajstić information content (AvgIpc) is 3.09. The summed E-state index contributed by atoms with van der Waals surface area (Å²) in [7, 11) is 0. The Morgan fingerprint density at radius 2 is 2.03 bits per heavy atom. The summed E-state index contributed by atoms with van der Waals surface area (Å²) in [5.74, 6) is -0.432. The number of halogens is 3. The second-order valence-corrected chi connectivity index (χ2v) is 7.03. The van der Waals surface area contributed by atoms with Crippen molar-refractivity contribution >= 4 is 22.8 Å². The lowest BCUT2D eigenvalue weighted by atomic mass is 9.87. The van der Waals surface area contributed by atoms with Crippen LogP contribution in [-0.2, 0) is 4.79 Å². The van der Waals surface area contributed by atoms with E-state index in [0.29, 0.717) is 22.9 Å². The molecule has 11 heteroatoms. The maximum atomic E-state index is 12.5. The lowest BCUT2D eigenvalue weighted by molar-refractivity contribution is -0.141. The van der Waals surface area contributed by atoms with Gasteiger partial charge in [0.1, 0.15) is 29.9 Å². The zero-order chi connectivity index (χ0) is 21.2. The lowest BCUT2D eigenvalue weighted by Gasteiger charge is -2.34. The third-order valence-electron chi connectivity index (χ3n) is 4.72. The molecule has 0 unspecified atom stereocenters. The number of hydrogen-bond donors (Lipinski definition) is 3. The van der Waals surface area contributed by atoms with E-state index in [1.54, 1.807) is 32.3 Å². The lowest BCUT2D eigenvalue weighted by Crippen LogP contribution is -2.55. The number of aromatic nitrogens is 5. The molecule has 3 heterocycles. The number of nitrogens with zero attached hydrogens (tertiary/aromatic N) is 4. The molecule has 0 aliphatic heterocycles. The molecule has 3 aromatic heterocycles. The van der Waals surface area contributed by atoms with Gasteiger partial charge in [-0.1, -0.05) is 13.8 Å². The van der Waals surface area contributed by atoms with Crippen LogP contribution in [0.15, 0.2) is 31.0 Å². The summed E-state index contributed by atoms with van der Waals surface area (Å²) in [6, 6.07) is 1.55. The minimum absolute atomic E-state index is 0.305. The Hall–Kier alpha value is -3.24. The average molecular weight is 407 g/mol. The van der Waals surface area contributed by atoms with Gasteiger partial charge in [0, 0.05) is 29.5 Å². The van der Waals surface area contributed by atoms with E-state index in [1.165, 1.54) is 19.4 Å². The summed E-state index contributed by atoms with van der Waals surface area (Å²) < 4.78 is 37.5. The van der Waals surface area contributed by atoms with Crippen molar-refractivity contribution in [2.45, 2.75) is 32.5 Å². The van der Waals surface area contributed by atoms with Crippen LogP contribution >= 0.6 is 0 Å². The fraction of sp³-hybridized carbons (Fsp3) is 0.389. The Morgan fingerprint density at radius 1 is 1.28 bits per heavy atom. The van der Waals surface area contributed by atoms with Gasteiger partial charge in [-0.3, -0.25) is 4.79 Å². The molecule has 3 rings (SSSR count). The van der Waals surface area contributed by atoms with E-state index in [2.05, 4.69) is 30.2 Å². The second kappa shape index (κ2) is 7.64. The third kappa shape index (κ3) is 4.44. The Morgan fingerprint density at radius 3 is 2.72 bits per heavy atom.